The van der Waals surface area contributed by atoms with Gasteiger partial charge in [0.25, 0.3) is 0 Å². The van der Waals surface area contributed by atoms with Crippen molar-refractivity contribution in [1.29, 1.82) is 0 Å². The van der Waals surface area contributed by atoms with Gasteiger partial charge in [-0.1, -0.05) is 0 Å². The molecular weight excluding hydrogens is 411 g/mol. The highest BCUT2D eigenvalue weighted by Gasteiger charge is 2.03. The van der Waals surface area contributed by atoms with Crippen molar-refractivity contribution in [2.24, 2.45) is 4.99 Å². The van der Waals surface area contributed by atoms with Crippen LogP contribution in [0.25, 0.3) is 0 Å². The lowest BCUT2D eigenvalue weighted by Gasteiger charge is -2.11. The highest BCUT2D eigenvalue weighted by molar-refractivity contribution is 14.0. The van der Waals surface area contributed by atoms with Crippen LogP contribution in [-0.2, 0) is 16.6 Å². The minimum atomic E-state index is -3.13. The van der Waals surface area contributed by atoms with Crippen molar-refractivity contribution in [3.63, 3.8) is 0 Å². The molecule has 6 nitrogen and oxygen atoms in total. The van der Waals surface area contributed by atoms with Gasteiger partial charge >= 0.3 is 0 Å². The molecule has 1 aromatic heterocycles. The first kappa shape index (κ1) is 19.6. The molecule has 0 aliphatic rings. The summed E-state index contributed by atoms with van der Waals surface area (Å²) in [5.74, 6) is 0.656. The number of halogens is 1. The minimum Gasteiger partial charge on any atom is -0.355 e. The number of nitrogens with one attached hydrogen (secondary N) is 3. The Hall–Kier alpha value is -0.390. The van der Waals surface area contributed by atoms with Gasteiger partial charge in [-0.3, -0.25) is 4.99 Å². The first-order valence-corrected chi connectivity index (χ1v) is 8.61. The maximum atomic E-state index is 10.9. The van der Waals surface area contributed by atoms with E-state index in [4.69, 9.17) is 0 Å². The number of thiophene rings is 1. The van der Waals surface area contributed by atoms with Gasteiger partial charge in [-0.05, 0) is 23.9 Å². The van der Waals surface area contributed by atoms with Gasteiger partial charge in [-0.25, -0.2) is 13.1 Å². The highest BCUT2D eigenvalue weighted by Crippen LogP contribution is 2.14. The Bertz CT molecular complexity index is 528. The summed E-state index contributed by atoms with van der Waals surface area (Å²) in [6.45, 7) is 3.59. The molecule has 0 atom stereocenters. The van der Waals surface area contributed by atoms with Crippen LogP contribution in [0.15, 0.2) is 16.4 Å². The standard InChI is InChI=1S/C11H20N4O2S2.HI/c1-9-4-7-18-10(9)8-14-11(12-2)13-5-6-15-19(3,16)17;/h4,7,15H,5-6,8H2,1-3H3,(H2,12,13,14);1H. The molecule has 0 radical (unpaired) electrons. The van der Waals surface area contributed by atoms with E-state index >= 15 is 0 Å². The number of nitrogens with zero attached hydrogens (tertiary/aromatic N) is 1. The van der Waals surface area contributed by atoms with Crippen LogP contribution >= 0.6 is 35.3 Å². The second-order valence-corrected chi connectivity index (χ2v) is 6.88. The lowest BCUT2D eigenvalue weighted by Crippen LogP contribution is -2.41. The molecule has 0 amide bonds. The van der Waals surface area contributed by atoms with Gasteiger partial charge in [-0.15, -0.1) is 35.3 Å². The molecule has 0 bridgehead atoms. The Kier molecular flexibility index (Phi) is 9.34. The predicted molar refractivity (Wildman–Crippen MR) is 95.5 cm³/mol. The normalized spacial score (nSPS) is 11.8. The van der Waals surface area contributed by atoms with Crippen molar-refractivity contribution in [2.75, 3.05) is 26.4 Å². The fraction of sp³-hybridized carbons (Fsp3) is 0.545. The first-order chi connectivity index (χ1) is 8.92. The van der Waals surface area contributed by atoms with Crippen molar-refractivity contribution in [3.05, 3.63) is 21.9 Å². The number of sulfonamides is 1. The fourth-order valence-electron chi connectivity index (χ4n) is 1.39. The zero-order valence-electron chi connectivity index (χ0n) is 11.8. The van der Waals surface area contributed by atoms with Gasteiger partial charge in [0.2, 0.25) is 10.0 Å². The molecule has 0 saturated carbocycles. The van der Waals surface area contributed by atoms with Gasteiger partial charge in [0.1, 0.15) is 0 Å². The van der Waals surface area contributed by atoms with Crippen molar-refractivity contribution >= 4 is 51.3 Å². The van der Waals surface area contributed by atoms with Crippen LogP contribution in [0.4, 0.5) is 0 Å². The Morgan fingerprint density at radius 1 is 1.35 bits per heavy atom. The topological polar surface area (TPSA) is 82.6 Å². The third-order valence-electron chi connectivity index (χ3n) is 2.39. The second-order valence-electron chi connectivity index (χ2n) is 4.05. The maximum Gasteiger partial charge on any atom is 0.208 e. The zero-order valence-corrected chi connectivity index (χ0v) is 15.7. The lowest BCUT2D eigenvalue weighted by molar-refractivity contribution is 0.586. The Balaban J connectivity index is 0.00000361. The fourth-order valence-corrected chi connectivity index (χ4v) is 2.71. The maximum absolute atomic E-state index is 10.9. The molecule has 0 fully saturated rings. The number of hydrogen-bond acceptors (Lipinski definition) is 4. The summed E-state index contributed by atoms with van der Waals surface area (Å²) in [6, 6.07) is 2.08. The van der Waals surface area contributed by atoms with Gasteiger partial charge in [-0.2, -0.15) is 0 Å². The Morgan fingerprint density at radius 2 is 2.05 bits per heavy atom. The summed E-state index contributed by atoms with van der Waals surface area (Å²) < 4.78 is 24.2. The van der Waals surface area contributed by atoms with Gasteiger partial charge in [0.15, 0.2) is 5.96 Å². The molecule has 20 heavy (non-hydrogen) atoms. The molecule has 0 aromatic carbocycles. The van der Waals surface area contributed by atoms with Gasteiger partial charge in [0.05, 0.1) is 12.8 Å². The van der Waals surface area contributed by atoms with E-state index in [9.17, 15) is 8.42 Å². The van der Waals surface area contributed by atoms with Crippen molar-refractivity contribution < 1.29 is 8.42 Å². The monoisotopic (exact) mass is 432 g/mol. The van der Waals surface area contributed by atoms with E-state index in [0.717, 1.165) is 6.26 Å². The van der Waals surface area contributed by atoms with Crippen LogP contribution in [0.2, 0.25) is 0 Å². The average Bonchev–Trinajstić information content (AvgIpc) is 2.73. The third kappa shape index (κ3) is 8.02. The molecule has 116 valence electrons. The van der Waals surface area contributed by atoms with E-state index < -0.39 is 10.0 Å². The van der Waals surface area contributed by atoms with Gasteiger partial charge < -0.3 is 10.6 Å². The number of aliphatic imine (C=N–C) groups is 1. The van der Waals surface area contributed by atoms with Crippen LogP contribution in [0, 0.1) is 6.92 Å². The van der Waals surface area contributed by atoms with Gasteiger partial charge in [0, 0.05) is 25.0 Å². The smallest absolute Gasteiger partial charge is 0.208 e. The predicted octanol–water partition coefficient (Wildman–Crippen LogP) is 0.889. The first-order valence-electron chi connectivity index (χ1n) is 5.84. The van der Waals surface area contributed by atoms with Crippen molar-refractivity contribution in [2.45, 2.75) is 13.5 Å². The molecule has 3 N–H and O–H groups in total. The number of rotatable bonds is 6. The molecule has 0 spiro atoms. The van der Waals surface area contributed by atoms with E-state index in [0.29, 0.717) is 25.6 Å². The molecule has 1 aromatic rings. The van der Waals surface area contributed by atoms with E-state index in [1.807, 2.05) is 0 Å². The van der Waals surface area contributed by atoms with Crippen molar-refractivity contribution in [1.82, 2.24) is 15.4 Å². The Labute approximate surface area is 141 Å². The minimum absolute atomic E-state index is 0. The highest BCUT2D eigenvalue weighted by atomic mass is 127. The van der Waals surface area contributed by atoms with Crippen LogP contribution < -0.4 is 15.4 Å². The van der Waals surface area contributed by atoms with Crippen molar-refractivity contribution in [3.8, 4) is 0 Å². The van der Waals surface area contributed by atoms with E-state index in [1.165, 1.54) is 10.4 Å². The largest absolute Gasteiger partial charge is 0.355 e. The Morgan fingerprint density at radius 3 is 2.55 bits per heavy atom. The summed E-state index contributed by atoms with van der Waals surface area (Å²) in [5, 5.41) is 8.28. The molecule has 1 rings (SSSR count). The molecular formula is C11H21IN4O2S2. The molecule has 1 heterocycles. The quantitative estimate of drug-likeness (QED) is 0.270. The second kappa shape index (κ2) is 9.53. The zero-order chi connectivity index (χ0) is 14.3. The van der Waals surface area contributed by atoms with Crippen LogP contribution in [-0.4, -0.2) is 40.8 Å². The van der Waals surface area contributed by atoms with Crippen LogP contribution in [0.1, 0.15) is 10.4 Å². The SMILES string of the molecule is CN=C(NCCNS(C)(=O)=O)NCc1sccc1C.I. The third-order valence-corrected chi connectivity index (χ3v) is 4.14. The molecule has 0 saturated heterocycles. The van der Waals surface area contributed by atoms with Crippen LogP contribution in [0.3, 0.4) is 0 Å². The molecule has 0 aliphatic heterocycles. The molecule has 9 heteroatoms. The average molecular weight is 432 g/mol. The summed E-state index contributed by atoms with van der Waals surface area (Å²) in [5.41, 5.74) is 1.26. The number of hydrogen-bond donors (Lipinski definition) is 3. The van der Waals surface area contributed by atoms with E-state index in [1.54, 1.807) is 18.4 Å². The lowest BCUT2D eigenvalue weighted by atomic mass is 10.3. The van der Waals surface area contributed by atoms with E-state index in [-0.39, 0.29) is 24.0 Å². The summed E-state index contributed by atoms with van der Waals surface area (Å²) in [6.07, 6.45) is 1.14. The summed E-state index contributed by atoms with van der Waals surface area (Å²) >= 11 is 1.70. The summed E-state index contributed by atoms with van der Waals surface area (Å²) in [7, 11) is -1.45. The number of guanidine groups is 1. The van der Waals surface area contributed by atoms with Crippen LogP contribution in [0.5, 0.6) is 0 Å². The molecule has 0 aliphatic carbocycles. The number of aryl methyl sites for hydroxylation is 1. The summed E-state index contributed by atoms with van der Waals surface area (Å²) in [4.78, 5) is 5.33. The molecule has 0 unspecified atom stereocenters. The van der Waals surface area contributed by atoms with E-state index in [2.05, 4.69) is 38.7 Å².